The number of thioether (sulfide) groups is 2. The monoisotopic (exact) mass is 390 g/mol. The minimum Gasteiger partial charge on any atom is -0.462 e. The van der Waals surface area contributed by atoms with Crippen molar-refractivity contribution in [1.82, 2.24) is 5.32 Å². The van der Waals surface area contributed by atoms with Gasteiger partial charge in [0.25, 0.3) is 0 Å². The molecule has 2 rings (SSSR count). The van der Waals surface area contributed by atoms with E-state index in [1.54, 1.807) is 11.3 Å². The van der Waals surface area contributed by atoms with Gasteiger partial charge in [0.15, 0.2) is 5.11 Å². The molecule has 1 aliphatic heterocycles. The van der Waals surface area contributed by atoms with Gasteiger partial charge in [0, 0.05) is 17.2 Å². The highest BCUT2D eigenvalue weighted by Gasteiger charge is 2.26. The fraction of sp³-hybridized carbons (Fsp3) is 0.600. The fourth-order valence-electron chi connectivity index (χ4n) is 2.31. The van der Waals surface area contributed by atoms with Crippen LogP contribution in [0.4, 0.5) is 5.00 Å². The van der Waals surface area contributed by atoms with E-state index in [1.807, 2.05) is 30.4 Å². The lowest BCUT2D eigenvalue weighted by Crippen LogP contribution is -2.29. The first-order valence-corrected chi connectivity index (χ1v) is 11.4. The van der Waals surface area contributed by atoms with Crippen LogP contribution in [-0.2, 0) is 16.9 Å². The Bertz CT molecular complexity index is 560. The lowest BCUT2D eigenvalue weighted by atomic mass is 10.1. The van der Waals surface area contributed by atoms with Gasteiger partial charge in [0.2, 0.25) is 0 Å². The Hall–Kier alpha value is -0.440. The molecule has 1 aliphatic rings. The smallest absolute Gasteiger partial charge is 0.341 e. The average Bonchev–Trinajstić information content (AvgIpc) is 2.89. The fourth-order valence-corrected chi connectivity index (χ4v) is 5.38. The molecule has 1 aromatic rings. The molecule has 23 heavy (non-hydrogen) atoms. The van der Waals surface area contributed by atoms with Crippen molar-refractivity contribution >= 4 is 63.2 Å². The zero-order valence-corrected chi connectivity index (χ0v) is 16.7. The predicted molar refractivity (Wildman–Crippen MR) is 107 cm³/mol. The number of thiophene rings is 1. The van der Waals surface area contributed by atoms with Crippen molar-refractivity contribution in [2.45, 2.75) is 25.5 Å². The highest BCUT2D eigenvalue weighted by atomic mass is 32.2. The minimum atomic E-state index is -0.246. The second-order valence-corrected chi connectivity index (χ2v) is 8.56. The molecule has 0 aromatic carbocycles. The zero-order valence-electron chi connectivity index (χ0n) is 13.4. The average molecular weight is 391 g/mol. The van der Waals surface area contributed by atoms with E-state index in [4.69, 9.17) is 17.0 Å². The Labute approximate surface area is 155 Å². The number of anilines is 1. The molecule has 8 heteroatoms. The molecule has 1 aromatic heterocycles. The summed E-state index contributed by atoms with van der Waals surface area (Å²) in [6.45, 7) is 3.05. The van der Waals surface area contributed by atoms with E-state index >= 15 is 0 Å². The normalized spacial score (nSPS) is 13.3. The lowest BCUT2D eigenvalue weighted by molar-refractivity contribution is 0.0527. The second kappa shape index (κ2) is 9.76. The van der Waals surface area contributed by atoms with Gasteiger partial charge in [-0.2, -0.15) is 23.5 Å². The molecule has 0 amide bonds. The molecule has 128 valence electrons. The molecular weight excluding hydrogens is 368 g/mol. The first kappa shape index (κ1) is 18.9. The second-order valence-electron chi connectivity index (χ2n) is 4.96. The van der Waals surface area contributed by atoms with E-state index in [0.29, 0.717) is 17.3 Å². The molecule has 4 nitrogen and oxygen atoms in total. The van der Waals surface area contributed by atoms with Crippen LogP contribution in [-0.4, -0.2) is 42.0 Å². The lowest BCUT2D eigenvalue weighted by Gasteiger charge is -2.13. The molecule has 0 saturated carbocycles. The van der Waals surface area contributed by atoms with Gasteiger partial charge in [-0.05, 0) is 55.3 Å². The summed E-state index contributed by atoms with van der Waals surface area (Å²) < 4.78 is 5.24. The number of hydrogen-bond donors (Lipinski definition) is 2. The van der Waals surface area contributed by atoms with Crippen LogP contribution in [0.2, 0.25) is 0 Å². The number of hydrogen-bond acceptors (Lipinski definition) is 6. The number of carbonyl (C=O) groups excluding carboxylic acids is 1. The Morgan fingerprint density at radius 1 is 1.48 bits per heavy atom. The molecule has 0 atom stereocenters. The van der Waals surface area contributed by atoms with Crippen LogP contribution in [0, 0.1) is 0 Å². The van der Waals surface area contributed by atoms with Gasteiger partial charge >= 0.3 is 5.97 Å². The quantitative estimate of drug-likeness (QED) is 0.418. The Morgan fingerprint density at radius 2 is 2.30 bits per heavy atom. The van der Waals surface area contributed by atoms with E-state index in [-0.39, 0.29) is 5.97 Å². The highest BCUT2D eigenvalue weighted by Crippen LogP contribution is 2.39. The molecule has 0 aliphatic carbocycles. The van der Waals surface area contributed by atoms with Crippen LogP contribution < -0.4 is 10.6 Å². The summed E-state index contributed by atoms with van der Waals surface area (Å²) in [5.74, 6) is 2.87. The summed E-state index contributed by atoms with van der Waals surface area (Å²) in [5, 5.41) is 7.80. The minimum absolute atomic E-state index is 0.246. The molecule has 0 fully saturated rings. The number of nitrogens with one attached hydrogen (secondary N) is 2. The maximum atomic E-state index is 12.4. The van der Waals surface area contributed by atoms with Gasteiger partial charge in [0.05, 0.1) is 12.2 Å². The third-order valence-corrected chi connectivity index (χ3v) is 6.60. The SMILES string of the molecule is CCOC(=O)c1c(NC(=S)NCCCSC)sc2c1CCSC2. The van der Waals surface area contributed by atoms with Crippen molar-refractivity contribution in [3.8, 4) is 0 Å². The summed E-state index contributed by atoms with van der Waals surface area (Å²) in [6.07, 6.45) is 4.07. The molecule has 0 bridgehead atoms. The van der Waals surface area contributed by atoms with Gasteiger partial charge in [-0.3, -0.25) is 0 Å². The van der Waals surface area contributed by atoms with Gasteiger partial charge < -0.3 is 15.4 Å². The van der Waals surface area contributed by atoms with E-state index in [1.165, 1.54) is 4.88 Å². The standard InChI is InChI=1S/C15H22N2O2S4/c1-3-19-14(18)12-10-5-8-22-9-11(10)23-13(12)17-15(20)16-6-4-7-21-2/h3-9H2,1-2H3,(H2,16,17,20). The summed E-state index contributed by atoms with van der Waals surface area (Å²) in [7, 11) is 0. The van der Waals surface area contributed by atoms with Gasteiger partial charge in [-0.25, -0.2) is 4.79 Å². The Morgan fingerprint density at radius 3 is 3.04 bits per heavy atom. The molecule has 0 spiro atoms. The third-order valence-electron chi connectivity index (χ3n) is 3.34. The first-order chi connectivity index (χ1) is 11.2. The van der Waals surface area contributed by atoms with Gasteiger partial charge in [-0.1, -0.05) is 0 Å². The summed E-state index contributed by atoms with van der Waals surface area (Å²) in [4.78, 5) is 13.6. The van der Waals surface area contributed by atoms with Crippen molar-refractivity contribution in [2.75, 3.05) is 36.2 Å². The van der Waals surface area contributed by atoms with Gasteiger partial charge in [-0.15, -0.1) is 11.3 Å². The van der Waals surface area contributed by atoms with Crippen LogP contribution in [0.5, 0.6) is 0 Å². The van der Waals surface area contributed by atoms with Crippen molar-refractivity contribution in [2.24, 2.45) is 0 Å². The van der Waals surface area contributed by atoms with Crippen LogP contribution in [0.15, 0.2) is 0 Å². The van der Waals surface area contributed by atoms with Crippen LogP contribution in [0.1, 0.15) is 34.1 Å². The first-order valence-electron chi connectivity index (χ1n) is 7.60. The third kappa shape index (κ3) is 5.27. The van der Waals surface area contributed by atoms with Crippen molar-refractivity contribution in [3.63, 3.8) is 0 Å². The van der Waals surface area contributed by atoms with E-state index in [0.717, 1.165) is 47.2 Å². The summed E-state index contributed by atoms with van der Waals surface area (Å²) >= 11 is 10.7. The Balaban J connectivity index is 2.09. The number of carbonyl (C=O) groups is 1. The topological polar surface area (TPSA) is 50.4 Å². The molecule has 2 heterocycles. The highest BCUT2D eigenvalue weighted by molar-refractivity contribution is 7.98. The van der Waals surface area contributed by atoms with E-state index in [9.17, 15) is 4.79 Å². The zero-order chi connectivity index (χ0) is 16.7. The number of ether oxygens (including phenoxy) is 1. The van der Waals surface area contributed by atoms with Crippen molar-refractivity contribution < 1.29 is 9.53 Å². The van der Waals surface area contributed by atoms with Crippen LogP contribution >= 0.6 is 47.1 Å². The number of esters is 1. The van der Waals surface area contributed by atoms with Crippen molar-refractivity contribution in [1.29, 1.82) is 0 Å². The number of rotatable bonds is 7. The maximum Gasteiger partial charge on any atom is 0.341 e. The predicted octanol–water partition coefficient (Wildman–Crippen LogP) is 3.75. The van der Waals surface area contributed by atoms with Crippen LogP contribution in [0.25, 0.3) is 0 Å². The summed E-state index contributed by atoms with van der Waals surface area (Å²) in [5.41, 5.74) is 1.82. The molecule has 0 radical (unpaired) electrons. The van der Waals surface area contributed by atoms with E-state index in [2.05, 4.69) is 16.9 Å². The Kier molecular flexibility index (Phi) is 8.02. The largest absolute Gasteiger partial charge is 0.462 e. The maximum absolute atomic E-state index is 12.4. The van der Waals surface area contributed by atoms with Gasteiger partial charge in [0.1, 0.15) is 5.00 Å². The van der Waals surface area contributed by atoms with Crippen molar-refractivity contribution in [3.05, 3.63) is 16.0 Å². The number of fused-ring (bicyclic) bond motifs is 1. The molecule has 0 saturated heterocycles. The van der Waals surface area contributed by atoms with E-state index < -0.39 is 0 Å². The summed E-state index contributed by atoms with van der Waals surface area (Å²) in [6, 6.07) is 0. The molecular formula is C15H22N2O2S4. The number of thiocarbonyl (C=S) groups is 1. The molecule has 0 unspecified atom stereocenters. The molecule has 2 N–H and O–H groups in total. The van der Waals surface area contributed by atoms with Crippen LogP contribution in [0.3, 0.4) is 0 Å².